The van der Waals surface area contributed by atoms with Crippen molar-refractivity contribution in [3.63, 3.8) is 0 Å². The van der Waals surface area contributed by atoms with E-state index in [0.29, 0.717) is 6.04 Å². The number of likely N-dealkylation sites (N-methyl/N-ethyl adjacent to an activating group) is 1. The number of para-hydroxylation sites is 1. The van der Waals surface area contributed by atoms with Crippen molar-refractivity contribution in [1.82, 2.24) is 5.32 Å². The highest BCUT2D eigenvalue weighted by Gasteiger charge is 2.30. The highest BCUT2D eigenvalue weighted by molar-refractivity contribution is 5.56. The molecule has 1 heterocycles. The Kier molecular flexibility index (Phi) is 3.93. The zero-order valence-corrected chi connectivity index (χ0v) is 11.6. The summed E-state index contributed by atoms with van der Waals surface area (Å²) >= 11 is 0. The van der Waals surface area contributed by atoms with E-state index in [0.717, 1.165) is 13.0 Å². The summed E-state index contributed by atoms with van der Waals surface area (Å²) in [4.78, 5) is 2.42. The van der Waals surface area contributed by atoms with E-state index in [-0.39, 0.29) is 12.1 Å². The number of nitrogens with zero attached hydrogens (tertiary/aromatic N) is 1. The third-order valence-corrected chi connectivity index (χ3v) is 4.14. The number of hydrogen-bond acceptors (Lipinski definition) is 3. The standard InChI is InChI=1S/C15H24N2O/c1-12-8-9-13-6-4-5-7-14(13)17(12)10-15(2,11-18)16-3/h4-7,12,16,18H,8-11H2,1-3H3. The van der Waals surface area contributed by atoms with Crippen molar-refractivity contribution in [3.05, 3.63) is 29.8 Å². The average molecular weight is 248 g/mol. The average Bonchev–Trinajstić information content (AvgIpc) is 2.42. The van der Waals surface area contributed by atoms with Gasteiger partial charge in [0.05, 0.1) is 12.1 Å². The number of aliphatic hydroxyl groups excluding tert-OH is 1. The maximum Gasteiger partial charge on any atom is 0.0627 e. The molecule has 0 aliphatic carbocycles. The van der Waals surface area contributed by atoms with Gasteiger partial charge in [0.25, 0.3) is 0 Å². The summed E-state index contributed by atoms with van der Waals surface area (Å²) in [6, 6.07) is 9.14. The van der Waals surface area contributed by atoms with E-state index < -0.39 is 0 Å². The molecule has 0 radical (unpaired) electrons. The molecule has 1 aliphatic rings. The lowest BCUT2D eigenvalue weighted by Crippen LogP contribution is -2.55. The van der Waals surface area contributed by atoms with Gasteiger partial charge in [0, 0.05) is 18.3 Å². The molecule has 1 aromatic rings. The Hall–Kier alpha value is -1.06. The maximum absolute atomic E-state index is 9.56. The van der Waals surface area contributed by atoms with Gasteiger partial charge in [-0.25, -0.2) is 0 Å². The van der Waals surface area contributed by atoms with Gasteiger partial charge in [-0.15, -0.1) is 0 Å². The predicted molar refractivity (Wildman–Crippen MR) is 76.1 cm³/mol. The van der Waals surface area contributed by atoms with Crippen molar-refractivity contribution in [2.75, 3.05) is 25.1 Å². The number of nitrogens with one attached hydrogen (secondary N) is 1. The van der Waals surface area contributed by atoms with E-state index in [2.05, 4.69) is 48.3 Å². The van der Waals surface area contributed by atoms with Crippen LogP contribution in [-0.2, 0) is 6.42 Å². The number of hydrogen-bond donors (Lipinski definition) is 2. The summed E-state index contributed by atoms with van der Waals surface area (Å²) in [5, 5.41) is 12.8. The Morgan fingerprint density at radius 2 is 2.17 bits per heavy atom. The van der Waals surface area contributed by atoms with Gasteiger partial charge in [-0.2, -0.15) is 0 Å². The fourth-order valence-electron chi connectivity index (χ4n) is 2.59. The molecule has 100 valence electrons. The molecule has 0 saturated carbocycles. The van der Waals surface area contributed by atoms with Crippen molar-refractivity contribution in [3.8, 4) is 0 Å². The summed E-state index contributed by atoms with van der Waals surface area (Å²) in [5.74, 6) is 0. The number of anilines is 1. The van der Waals surface area contributed by atoms with Crippen LogP contribution in [0.15, 0.2) is 24.3 Å². The normalized spacial score (nSPS) is 22.4. The van der Waals surface area contributed by atoms with Crippen LogP contribution < -0.4 is 10.2 Å². The van der Waals surface area contributed by atoms with Crippen molar-refractivity contribution in [2.45, 2.75) is 38.3 Å². The van der Waals surface area contributed by atoms with Gasteiger partial charge in [0.2, 0.25) is 0 Å². The topological polar surface area (TPSA) is 35.5 Å². The summed E-state index contributed by atoms with van der Waals surface area (Å²) in [6.45, 7) is 5.31. The molecule has 2 N–H and O–H groups in total. The fourth-order valence-corrected chi connectivity index (χ4v) is 2.59. The Labute approximate surface area is 110 Å². The van der Waals surface area contributed by atoms with Gasteiger partial charge in [-0.05, 0) is 45.4 Å². The molecule has 18 heavy (non-hydrogen) atoms. The van der Waals surface area contributed by atoms with Crippen LogP contribution in [0.3, 0.4) is 0 Å². The minimum Gasteiger partial charge on any atom is -0.394 e. The molecule has 0 aromatic heterocycles. The lowest BCUT2D eigenvalue weighted by atomic mass is 9.93. The predicted octanol–water partition coefficient (Wildman–Crippen LogP) is 1.80. The van der Waals surface area contributed by atoms with Crippen LogP contribution in [-0.4, -0.2) is 36.9 Å². The van der Waals surface area contributed by atoms with Gasteiger partial charge in [-0.1, -0.05) is 18.2 Å². The summed E-state index contributed by atoms with van der Waals surface area (Å²) in [5.41, 5.74) is 2.50. The molecule has 0 spiro atoms. The molecule has 0 fully saturated rings. The number of aryl methyl sites for hydroxylation is 1. The number of benzene rings is 1. The lowest BCUT2D eigenvalue weighted by Gasteiger charge is -2.42. The first-order valence-electron chi connectivity index (χ1n) is 6.74. The minimum atomic E-state index is -0.251. The second-order valence-electron chi connectivity index (χ2n) is 5.61. The second kappa shape index (κ2) is 5.29. The third kappa shape index (κ3) is 2.52. The van der Waals surface area contributed by atoms with Gasteiger partial charge >= 0.3 is 0 Å². The van der Waals surface area contributed by atoms with E-state index >= 15 is 0 Å². The lowest BCUT2D eigenvalue weighted by molar-refractivity contribution is 0.183. The zero-order valence-electron chi connectivity index (χ0n) is 11.6. The molecular formula is C15H24N2O. The van der Waals surface area contributed by atoms with Gasteiger partial charge < -0.3 is 15.3 Å². The Bertz CT molecular complexity index is 401. The monoisotopic (exact) mass is 248 g/mol. The molecule has 2 rings (SSSR count). The largest absolute Gasteiger partial charge is 0.394 e. The molecule has 0 saturated heterocycles. The molecule has 1 aliphatic heterocycles. The SMILES string of the molecule is CNC(C)(CO)CN1c2ccccc2CCC1C. The van der Waals surface area contributed by atoms with Gasteiger partial charge in [-0.3, -0.25) is 0 Å². The maximum atomic E-state index is 9.56. The van der Waals surface area contributed by atoms with Gasteiger partial charge in [0.1, 0.15) is 0 Å². The number of fused-ring (bicyclic) bond motifs is 1. The molecule has 1 aromatic carbocycles. The van der Waals surface area contributed by atoms with Gasteiger partial charge in [0.15, 0.2) is 0 Å². The first kappa shape index (κ1) is 13.4. The first-order chi connectivity index (χ1) is 8.59. The van der Waals surface area contributed by atoms with Crippen LogP contribution in [0.25, 0.3) is 0 Å². The number of aliphatic hydroxyl groups is 1. The van der Waals surface area contributed by atoms with Crippen LogP contribution >= 0.6 is 0 Å². The van der Waals surface area contributed by atoms with E-state index in [1.54, 1.807) is 0 Å². The molecule has 0 amide bonds. The molecule has 3 heteroatoms. The molecule has 2 unspecified atom stereocenters. The summed E-state index contributed by atoms with van der Waals surface area (Å²) in [7, 11) is 1.91. The summed E-state index contributed by atoms with van der Waals surface area (Å²) < 4.78 is 0. The van der Waals surface area contributed by atoms with Crippen molar-refractivity contribution in [2.24, 2.45) is 0 Å². The Morgan fingerprint density at radius 3 is 2.83 bits per heavy atom. The van der Waals surface area contributed by atoms with E-state index in [9.17, 15) is 5.11 Å². The Balaban J connectivity index is 2.27. The fraction of sp³-hybridized carbons (Fsp3) is 0.600. The molecule has 2 atom stereocenters. The first-order valence-corrected chi connectivity index (χ1v) is 6.74. The van der Waals surface area contributed by atoms with Crippen molar-refractivity contribution in [1.29, 1.82) is 0 Å². The molecule has 0 bridgehead atoms. The molecule has 3 nitrogen and oxygen atoms in total. The van der Waals surface area contributed by atoms with Crippen LogP contribution in [0.2, 0.25) is 0 Å². The van der Waals surface area contributed by atoms with E-state index in [4.69, 9.17) is 0 Å². The number of rotatable bonds is 4. The van der Waals surface area contributed by atoms with E-state index in [1.165, 1.54) is 17.7 Å². The minimum absolute atomic E-state index is 0.148. The highest BCUT2D eigenvalue weighted by Crippen LogP contribution is 2.31. The third-order valence-electron chi connectivity index (χ3n) is 4.14. The smallest absolute Gasteiger partial charge is 0.0627 e. The van der Waals surface area contributed by atoms with Crippen molar-refractivity contribution < 1.29 is 5.11 Å². The summed E-state index contributed by atoms with van der Waals surface area (Å²) in [6.07, 6.45) is 2.34. The second-order valence-corrected chi connectivity index (χ2v) is 5.61. The Morgan fingerprint density at radius 1 is 1.44 bits per heavy atom. The zero-order chi connectivity index (χ0) is 13.2. The van der Waals surface area contributed by atoms with E-state index in [1.807, 2.05) is 7.05 Å². The molecular weight excluding hydrogens is 224 g/mol. The van der Waals surface area contributed by atoms with Crippen LogP contribution in [0.1, 0.15) is 25.8 Å². The van der Waals surface area contributed by atoms with Crippen LogP contribution in [0.5, 0.6) is 0 Å². The van der Waals surface area contributed by atoms with Crippen LogP contribution in [0, 0.1) is 0 Å². The van der Waals surface area contributed by atoms with Crippen LogP contribution in [0.4, 0.5) is 5.69 Å². The quantitative estimate of drug-likeness (QED) is 0.853. The highest BCUT2D eigenvalue weighted by atomic mass is 16.3. The van der Waals surface area contributed by atoms with Crippen molar-refractivity contribution >= 4 is 5.69 Å².